The van der Waals surface area contributed by atoms with Gasteiger partial charge in [0.15, 0.2) is 0 Å². The first kappa shape index (κ1) is 15.0. The third-order valence-corrected chi connectivity index (χ3v) is 3.94. The zero-order valence-electron chi connectivity index (χ0n) is 12.6. The molecule has 3 heteroatoms. The van der Waals surface area contributed by atoms with E-state index in [1.54, 1.807) is 0 Å². The van der Waals surface area contributed by atoms with Crippen LogP contribution in [-0.2, 0) is 17.8 Å². The van der Waals surface area contributed by atoms with Gasteiger partial charge in [-0.2, -0.15) is 0 Å². The summed E-state index contributed by atoms with van der Waals surface area (Å²) in [5, 5.41) is 0. The van der Waals surface area contributed by atoms with Crippen molar-refractivity contribution in [1.29, 1.82) is 0 Å². The highest BCUT2D eigenvalue weighted by molar-refractivity contribution is 5.79. The van der Waals surface area contributed by atoms with Crippen molar-refractivity contribution in [1.82, 2.24) is 4.90 Å². The average molecular weight is 274 g/mol. The molecule has 1 aromatic carbocycles. The van der Waals surface area contributed by atoms with Gasteiger partial charge in [0.05, 0.1) is 6.42 Å². The number of nitrogens with zero attached hydrogens (tertiary/aromatic N) is 1. The van der Waals surface area contributed by atoms with Gasteiger partial charge in [-0.3, -0.25) is 4.79 Å². The maximum atomic E-state index is 12.6. The van der Waals surface area contributed by atoms with Crippen LogP contribution in [0.5, 0.6) is 0 Å². The molecule has 0 unspecified atom stereocenters. The van der Waals surface area contributed by atoms with E-state index < -0.39 is 0 Å². The normalized spacial score (nSPS) is 14.6. The zero-order valence-corrected chi connectivity index (χ0v) is 12.6. The third-order valence-electron chi connectivity index (χ3n) is 3.94. The molecule has 1 aromatic rings. The maximum absolute atomic E-state index is 12.6. The van der Waals surface area contributed by atoms with Gasteiger partial charge in [-0.1, -0.05) is 38.1 Å². The molecule has 110 valence electrons. The highest BCUT2D eigenvalue weighted by Crippen LogP contribution is 2.28. The molecule has 2 N–H and O–H groups in total. The number of carbonyl (C=O) groups is 1. The molecule has 0 spiro atoms. The highest BCUT2D eigenvalue weighted by Gasteiger charge is 2.32. The Morgan fingerprint density at radius 1 is 1.30 bits per heavy atom. The molecule has 0 aliphatic heterocycles. The van der Waals surface area contributed by atoms with Crippen LogP contribution in [0.4, 0.5) is 0 Å². The summed E-state index contributed by atoms with van der Waals surface area (Å²) in [5.41, 5.74) is 7.91. The van der Waals surface area contributed by atoms with Crippen LogP contribution in [0, 0.1) is 5.92 Å². The summed E-state index contributed by atoms with van der Waals surface area (Å²) in [4.78, 5) is 14.7. The molecule has 20 heavy (non-hydrogen) atoms. The van der Waals surface area contributed by atoms with Gasteiger partial charge >= 0.3 is 0 Å². The van der Waals surface area contributed by atoms with Crippen molar-refractivity contribution in [2.24, 2.45) is 11.7 Å². The Bertz CT molecular complexity index is 452. The summed E-state index contributed by atoms with van der Waals surface area (Å²) in [6.07, 6.45) is 3.91. The monoisotopic (exact) mass is 274 g/mol. The second-order valence-electron chi connectivity index (χ2n) is 6.15. The minimum Gasteiger partial charge on any atom is -0.339 e. The van der Waals surface area contributed by atoms with E-state index in [4.69, 9.17) is 5.73 Å². The lowest BCUT2D eigenvalue weighted by Crippen LogP contribution is -2.36. The van der Waals surface area contributed by atoms with Crippen LogP contribution in [0.1, 0.15) is 44.2 Å². The molecule has 1 saturated carbocycles. The largest absolute Gasteiger partial charge is 0.339 e. The Balaban J connectivity index is 2.00. The molecule has 1 aliphatic carbocycles. The first-order valence-corrected chi connectivity index (χ1v) is 7.68. The van der Waals surface area contributed by atoms with E-state index in [-0.39, 0.29) is 5.91 Å². The second kappa shape index (κ2) is 6.89. The molecule has 0 saturated heterocycles. The summed E-state index contributed by atoms with van der Waals surface area (Å²) in [6.45, 7) is 5.81. The first-order chi connectivity index (χ1) is 9.61. The molecule has 0 bridgehead atoms. The number of rotatable bonds is 7. The van der Waals surface area contributed by atoms with Gasteiger partial charge in [-0.05, 0) is 36.3 Å². The van der Waals surface area contributed by atoms with Crippen molar-refractivity contribution in [3.63, 3.8) is 0 Å². The molecular formula is C17H26N2O. The number of carbonyl (C=O) groups excluding carboxylic acids is 1. The van der Waals surface area contributed by atoms with Crippen LogP contribution in [0.2, 0.25) is 0 Å². The number of amides is 1. The van der Waals surface area contributed by atoms with Gasteiger partial charge in [0.2, 0.25) is 5.91 Å². The van der Waals surface area contributed by atoms with Crippen molar-refractivity contribution < 1.29 is 4.79 Å². The van der Waals surface area contributed by atoms with Gasteiger partial charge in [0.1, 0.15) is 0 Å². The van der Waals surface area contributed by atoms with E-state index in [0.29, 0.717) is 24.9 Å². The quantitative estimate of drug-likeness (QED) is 0.831. The smallest absolute Gasteiger partial charge is 0.227 e. The predicted octanol–water partition coefficient (Wildman–Crippen LogP) is 2.72. The zero-order chi connectivity index (χ0) is 14.5. The van der Waals surface area contributed by atoms with Crippen LogP contribution in [0.25, 0.3) is 0 Å². The van der Waals surface area contributed by atoms with Crippen LogP contribution < -0.4 is 5.73 Å². The summed E-state index contributed by atoms with van der Waals surface area (Å²) in [6, 6.07) is 8.49. The molecule has 0 atom stereocenters. The third kappa shape index (κ3) is 4.07. The highest BCUT2D eigenvalue weighted by atomic mass is 16.2. The van der Waals surface area contributed by atoms with Crippen LogP contribution in [0.3, 0.4) is 0 Å². The molecule has 1 amide bonds. The van der Waals surface area contributed by atoms with Gasteiger partial charge in [0.25, 0.3) is 0 Å². The standard InChI is InChI=1S/C17H26N2O/c1-13(2)9-10-19(16-7-8-16)17(20)11-14-5-3-4-6-15(14)12-18/h3-6,13,16H,7-12,18H2,1-2H3. The summed E-state index contributed by atoms with van der Waals surface area (Å²) >= 11 is 0. The topological polar surface area (TPSA) is 46.3 Å². The molecule has 3 nitrogen and oxygen atoms in total. The first-order valence-electron chi connectivity index (χ1n) is 7.68. The van der Waals surface area contributed by atoms with Crippen molar-refractivity contribution in [2.45, 2.75) is 52.1 Å². The van der Waals surface area contributed by atoms with Crippen molar-refractivity contribution in [3.8, 4) is 0 Å². The number of hydrogen-bond acceptors (Lipinski definition) is 2. The van der Waals surface area contributed by atoms with Crippen LogP contribution in [-0.4, -0.2) is 23.4 Å². The van der Waals surface area contributed by atoms with Crippen molar-refractivity contribution >= 4 is 5.91 Å². The fourth-order valence-electron chi connectivity index (χ4n) is 2.49. The average Bonchev–Trinajstić information content (AvgIpc) is 3.24. The Hall–Kier alpha value is -1.35. The van der Waals surface area contributed by atoms with Crippen LogP contribution in [0.15, 0.2) is 24.3 Å². The van der Waals surface area contributed by atoms with E-state index >= 15 is 0 Å². The molecule has 0 aromatic heterocycles. The van der Waals surface area contributed by atoms with E-state index in [9.17, 15) is 4.79 Å². The van der Waals surface area contributed by atoms with E-state index in [1.807, 2.05) is 24.3 Å². The number of benzene rings is 1. The lowest BCUT2D eigenvalue weighted by molar-refractivity contribution is -0.131. The van der Waals surface area contributed by atoms with Gasteiger partial charge in [-0.15, -0.1) is 0 Å². The lowest BCUT2D eigenvalue weighted by atomic mass is 10.0. The molecule has 0 heterocycles. The molecule has 1 fully saturated rings. The minimum absolute atomic E-state index is 0.258. The molecule has 2 rings (SSSR count). The van der Waals surface area contributed by atoms with E-state index in [0.717, 1.165) is 24.1 Å². The fourth-order valence-corrected chi connectivity index (χ4v) is 2.49. The van der Waals surface area contributed by atoms with Gasteiger partial charge in [0, 0.05) is 19.1 Å². The van der Waals surface area contributed by atoms with Crippen LogP contribution >= 0.6 is 0 Å². The van der Waals surface area contributed by atoms with Gasteiger partial charge in [-0.25, -0.2) is 0 Å². The summed E-state index contributed by atoms with van der Waals surface area (Å²) in [7, 11) is 0. The van der Waals surface area contributed by atoms with E-state index in [2.05, 4.69) is 18.7 Å². The number of hydrogen-bond donors (Lipinski definition) is 1. The summed E-state index contributed by atoms with van der Waals surface area (Å²) < 4.78 is 0. The fraction of sp³-hybridized carbons (Fsp3) is 0.588. The van der Waals surface area contributed by atoms with Gasteiger partial charge < -0.3 is 10.6 Å². The number of nitrogens with two attached hydrogens (primary N) is 1. The maximum Gasteiger partial charge on any atom is 0.227 e. The Kier molecular flexibility index (Phi) is 5.18. The molecule has 0 radical (unpaired) electrons. The Labute approximate surface area is 122 Å². The van der Waals surface area contributed by atoms with Crippen molar-refractivity contribution in [3.05, 3.63) is 35.4 Å². The minimum atomic E-state index is 0.258. The Morgan fingerprint density at radius 3 is 2.50 bits per heavy atom. The SMILES string of the molecule is CC(C)CCN(C(=O)Cc1ccccc1CN)C1CC1. The summed E-state index contributed by atoms with van der Waals surface area (Å²) in [5.74, 6) is 0.898. The second-order valence-corrected chi connectivity index (χ2v) is 6.15. The Morgan fingerprint density at radius 2 is 1.95 bits per heavy atom. The van der Waals surface area contributed by atoms with E-state index in [1.165, 1.54) is 12.8 Å². The lowest BCUT2D eigenvalue weighted by Gasteiger charge is -2.24. The predicted molar refractivity (Wildman–Crippen MR) is 82.2 cm³/mol. The molecular weight excluding hydrogens is 248 g/mol. The molecule has 1 aliphatic rings. The van der Waals surface area contributed by atoms with Crippen molar-refractivity contribution in [2.75, 3.05) is 6.54 Å².